The molecule has 0 fully saturated rings. The molecule has 0 nitrogen and oxygen atoms in total. The summed E-state index contributed by atoms with van der Waals surface area (Å²) in [7, 11) is 0. The SMILES string of the molecule is CC(C)(C)/C(=C/[Se]c1ccccc1)Sc1ccccc1. The Balaban J connectivity index is 2.16. The average Bonchev–Trinajstić information content (AvgIpc) is 2.44. The van der Waals surface area contributed by atoms with Crippen LogP contribution in [0.5, 0.6) is 0 Å². The number of rotatable bonds is 4. The molecule has 0 saturated carbocycles. The van der Waals surface area contributed by atoms with Gasteiger partial charge in [0.2, 0.25) is 0 Å². The molecule has 0 aliphatic carbocycles. The Labute approximate surface area is 132 Å². The van der Waals surface area contributed by atoms with Gasteiger partial charge in [0.05, 0.1) is 0 Å². The number of benzene rings is 2. The molecule has 104 valence electrons. The van der Waals surface area contributed by atoms with Crippen molar-refractivity contribution in [3.63, 3.8) is 0 Å². The number of hydrogen-bond acceptors (Lipinski definition) is 1. The molecule has 0 radical (unpaired) electrons. The van der Waals surface area contributed by atoms with Crippen molar-refractivity contribution in [3.05, 3.63) is 70.5 Å². The molecule has 0 amide bonds. The van der Waals surface area contributed by atoms with Crippen LogP contribution in [0.25, 0.3) is 0 Å². The van der Waals surface area contributed by atoms with Gasteiger partial charge in [0.15, 0.2) is 0 Å². The molecule has 0 N–H and O–H groups in total. The Bertz CT molecular complexity index is 553. The standard InChI is InChI=1S/C18H20SSe/c1-18(2,3)17(19-15-10-6-4-7-11-15)14-20-16-12-8-5-9-13-16/h4-14H,1-3H3/b17-14-. The van der Waals surface area contributed by atoms with Gasteiger partial charge in [-0.05, 0) is 0 Å². The molecule has 0 unspecified atom stereocenters. The summed E-state index contributed by atoms with van der Waals surface area (Å²) in [5.41, 5.74) is 0.192. The molecule has 0 bridgehead atoms. The molecule has 0 atom stereocenters. The van der Waals surface area contributed by atoms with Crippen molar-refractivity contribution in [1.29, 1.82) is 0 Å². The van der Waals surface area contributed by atoms with Crippen LogP contribution < -0.4 is 4.46 Å². The van der Waals surface area contributed by atoms with Gasteiger partial charge in [-0.2, -0.15) is 0 Å². The first kappa shape index (κ1) is 15.4. The minimum absolute atomic E-state index is 0.192. The van der Waals surface area contributed by atoms with E-state index in [1.54, 1.807) is 0 Å². The number of allylic oxidation sites excluding steroid dienone is 1. The summed E-state index contributed by atoms with van der Waals surface area (Å²) in [5, 5.41) is 0. The Morgan fingerprint density at radius 2 is 1.45 bits per heavy atom. The summed E-state index contributed by atoms with van der Waals surface area (Å²) >= 11 is 2.29. The molecule has 0 spiro atoms. The van der Waals surface area contributed by atoms with E-state index in [0.29, 0.717) is 15.0 Å². The van der Waals surface area contributed by atoms with E-state index in [-0.39, 0.29) is 5.41 Å². The second kappa shape index (κ2) is 7.17. The van der Waals surface area contributed by atoms with Gasteiger partial charge in [-0.3, -0.25) is 0 Å². The Hall–Kier alpha value is -0.951. The van der Waals surface area contributed by atoms with E-state index >= 15 is 0 Å². The first-order valence-corrected chi connectivity index (χ1v) is 9.37. The second-order valence-corrected chi connectivity index (χ2v) is 8.67. The Kier molecular flexibility index (Phi) is 5.54. The van der Waals surface area contributed by atoms with Crippen LogP contribution in [0.2, 0.25) is 0 Å². The van der Waals surface area contributed by atoms with Crippen molar-refractivity contribution in [2.75, 3.05) is 0 Å². The van der Waals surface area contributed by atoms with Gasteiger partial charge in [-0.15, -0.1) is 0 Å². The third-order valence-corrected chi connectivity index (χ3v) is 6.43. The molecular weight excluding hydrogens is 327 g/mol. The van der Waals surface area contributed by atoms with Gasteiger partial charge in [-0.25, -0.2) is 0 Å². The Morgan fingerprint density at radius 1 is 0.900 bits per heavy atom. The van der Waals surface area contributed by atoms with Gasteiger partial charge < -0.3 is 0 Å². The van der Waals surface area contributed by atoms with E-state index < -0.39 is 0 Å². The van der Waals surface area contributed by atoms with Gasteiger partial charge in [0.25, 0.3) is 0 Å². The predicted molar refractivity (Wildman–Crippen MR) is 91.7 cm³/mol. The predicted octanol–water partition coefficient (Wildman–Crippen LogP) is 4.70. The van der Waals surface area contributed by atoms with Crippen LogP contribution in [0.1, 0.15) is 20.8 Å². The summed E-state index contributed by atoms with van der Waals surface area (Å²) in [6, 6.07) is 21.4. The maximum atomic E-state index is 2.43. The van der Waals surface area contributed by atoms with E-state index in [4.69, 9.17) is 0 Å². The third kappa shape index (κ3) is 4.86. The zero-order valence-corrected chi connectivity index (χ0v) is 14.7. The molecule has 0 saturated heterocycles. The topological polar surface area (TPSA) is 0 Å². The normalized spacial score (nSPS) is 12.4. The number of hydrogen-bond donors (Lipinski definition) is 0. The van der Waals surface area contributed by atoms with Crippen LogP contribution in [0.4, 0.5) is 0 Å². The van der Waals surface area contributed by atoms with Gasteiger partial charge in [0.1, 0.15) is 0 Å². The zero-order valence-electron chi connectivity index (χ0n) is 12.2. The van der Waals surface area contributed by atoms with Crippen molar-refractivity contribution in [2.45, 2.75) is 25.7 Å². The quantitative estimate of drug-likeness (QED) is 0.571. The Morgan fingerprint density at radius 3 is 2.00 bits per heavy atom. The minimum atomic E-state index is 0.192. The maximum absolute atomic E-state index is 2.43. The first-order valence-electron chi connectivity index (χ1n) is 6.71. The van der Waals surface area contributed by atoms with E-state index in [9.17, 15) is 0 Å². The van der Waals surface area contributed by atoms with Crippen molar-refractivity contribution >= 4 is 31.2 Å². The van der Waals surface area contributed by atoms with Crippen LogP contribution in [0.15, 0.2) is 75.4 Å². The van der Waals surface area contributed by atoms with Crippen molar-refractivity contribution in [3.8, 4) is 0 Å². The summed E-state index contributed by atoms with van der Waals surface area (Å²) in [4.78, 5) is 5.20. The fourth-order valence-electron chi connectivity index (χ4n) is 1.59. The fourth-order valence-corrected chi connectivity index (χ4v) is 4.96. The summed E-state index contributed by atoms with van der Waals surface area (Å²) in [6.07, 6.45) is 0. The van der Waals surface area contributed by atoms with E-state index in [1.165, 1.54) is 14.3 Å². The molecule has 0 aromatic heterocycles. The van der Waals surface area contributed by atoms with Gasteiger partial charge in [-0.1, -0.05) is 0 Å². The molecule has 0 aliphatic heterocycles. The van der Waals surface area contributed by atoms with Crippen molar-refractivity contribution in [1.82, 2.24) is 0 Å². The van der Waals surface area contributed by atoms with Crippen LogP contribution in [-0.4, -0.2) is 15.0 Å². The van der Waals surface area contributed by atoms with Gasteiger partial charge in [0, 0.05) is 0 Å². The zero-order chi connectivity index (χ0) is 14.4. The molecule has 20 heavy (non-hydrogen) atoms. The molecule has 2 heteroatoms. The van der Waals surface area contributed by atoms with Crippen LogP contribution in [0.3, 0.4) is 0 Å². The molecule has 2 aromatic rings. The first-order chi connectivity index (χ1) is 9.55. The summed E-state index contributed by atoms with van der Waals surface area (Å²) in [5.74, 6) is 0. The second-order valence-electron chi connectivity index (χ2n) is 5.58. The fraction of sp³-hybridized carbons (Fsp3) is 0.222. The van der Waals surface area contributed by atoms with Crippen LogP contribution >= 0.6 is 11.8 Å². The van der Waals surface area contributed by atoms with Crippen molar-refractivity contribution in [2.24, 2.45) is 5.41 Å². The number of thioether (sulfide) groups is 1. The molecular formula is C18H20SSe. The van der Waals surface area contributed by atoms with E-state index in [0.717, 1.165) is 0 Å². The van der Waals surface area contributed by atoms with E-state index in [2.05, 4.69) is 86.4 Å². The third-order valence-electron chi connectivity index (χ3n) is 2.76. The van der Waals surface area contributed by atoms with Crippen LogP contribution in [0, 0.1) is 5.41 Å². The summed E-state index contributed by atoms with van der Waals surface area (Å²) < 4.78 is 1.43. The van der Waals surface area contributed by atoms with Crippen LogP contribution in [-0.2, 0) is 0 Å². The molecule has 0 aliphatic rings. The average molecular weight is 347 g/mol. The van der Waals surface area contributed by atoms with Crippen molar-refractivity contribution < 1.29 is 0 Å². The monoisotopic (exact) mass is 348 g/mol. The van der Waals surface area contributed by atoms with Gasteiger partial charge >= 0.3 is 133 Å². The molecule has 0 heterocycles. The molecule has 2 rings (SSSR count). The van der Waals surface area contributed by atoms with E-state index in [1.807, 2.05) is 11.8 Å². The molecule has 2 aromatic carbocycles. The summed E-state index contributed by atoms with van der Waals surface area (Å²) in [6.45, 7) is 6.86.